The van der Waals surface area contributed by atoms with E-state index in [1.165, 1.54) is 25.7 Å². The predicted molar refractivity (Wildman–Crippen MR) is 101 cm³/mol. The van der Waals surface area contributed by atoms with Crippen molar-refractivity contribution in [3.63, 3.8) is 0 Å². The van der Waals surface area contributed by atoms with Crippen molar-refractivity contribution in [3.8, 4) is 0 Å². The number of piperidine rings is 1. The predicted octanol–water partition coefficient (Wildman–Crippen LogP) is 1.69. The zero-order valence-electron chi connectivity index (χ0n) is 16.2. The Morgan fingerprint density at radius 2 is 1.92 bits per heavy atom. The standard InChI is InChI=1S/C20H35N3O3/c1-2-26-13-5-10-21-19(24)15-8-11-23(12-9-15)20(25)18-14-16-6-3-4-7-17(16)22-18/h15-18,22H,2-14H2,1H3,(H,21,24). The monoisotopic (exact) mass is 365 g/mol. The molecule has 3 atom stereocenters. The maximum atomic E-state index is 12.8. The summed E-state index contributed by atoms with van der Waals surface area (Å²) in [4.78, 5) is 27.1. The van der Waals surface area contributed by atoms with E-state index in [9.17, 15) is 9.59 Å². The summed E-state index contributed by atoms with van der Waals surface area (Å²) in [7, 11) is 0. The van der Waals surface area contributed by atoms with E-state index in [0.717, 1.165) is 32.3 Å². The van der Waals surface area contributed by atoms with Crippen molar-refractivity contribution in [2.24, 2.45) is 11.8 Å². The van der Waals surface area contributed by atoms with Crippen molar-refractivity contribution in [1.82, 2.24) is 15.5 Å². The second-order valence-electron chi connectivity index (χ2n) is 8.05. The van der Waals surface area contributed by atoms with Gasteiger partial charge >= 0.3 is 0 Å². The van der Waals surface area contributed by atoms with Gasteiger partial charge in [-0.25, -0.2) is 0 Å². The zero-order valence-corrected chi connectivity index (χ0v) is 16.2. The van der Waals surface area contributed by atoms with E-state index in [1.807, 2.05) is 11.8 Å². The first kappa shape index (κ1) is 19.6. The second kappa shape index (κ2) is 9.70. The minimum absolute atomic E-state index is 0.00652. The SMILES string of the molecule is CCOCCCNC(=O)C1CCN(C(=O)C2CC3CCCCC3N2)CC1. The summed E-state index contributed by atoms with van der Waals surface area (Å²) in [5.74, 6) is 1.14. The van der Waals surface area contributed by atoms with Crippen molar-refractivity contribution >= 4 is 11.8 Å². The van der Waals surface area contributed by atoms with Crippen LogP contribution in [-0.2, 0) is 14.3 Å². The molecular formula is C20H35N3O3. The van der Waals surface area contributed by atoms with Crippen LogP contribution < -0.4 is 10.6 Å². The van der Waals surface area contributed by atoms with Crippen LogP contribution in [0.3, 0.4) is 0 Å². The molecule has 3 unspecified atom stereocenters. The topological polar surface area (TPSA) is 70.7 Å². The van der Waals surface area contributed by atoms with Crippen LogP contribution in [0.5, 0.6) is 0 Å². The Kier molecular flexibility index (Phi) is 7.32. The molecule has 6 nitrogen and oxygen atoms in total. The number of fused-ring (bicyclic) bond motifs is 1. The third kappa shape index (κ3) is 4.97. The molecule has 3 aliphatic rings. The van der Waals surface area contributed by atoms with Crippen molar-refractivity contribution in [1.29, 1.82) is 0 Å². The zero-order chi connectivity index (χ0) is 18.4. The third-order valence-corrected chi connectivity index (χ3v) is 6.31. The molecular weight excluding hydrogens is 330 g/mol. The molecule has 2 amide bonds. The highest BCUT2D eigenvalue weighted by molar-refractivity contribution is 5.83. The lowest BCUT2D eigenvalue weighted by molar-refractivity contribution is -0.137. The summed E-state index contributed by atoms with van der Waals surface area (Å²) in [6.45, 7) is 5.49. The van der Waals surface area contributed by atoms with Gasteiger partial charge in [0.25, 0.3) is 0 Å². The molecule has 0 aromatic carbocycles. The minimum Gasteiger partial charge on any atom is -0.382 e. The molecule has 0 radical (unpaired) electrons. The van der Waals surface area contributed by atoms with E-state index < -0.39 is 0 Å². The number of carbonyl (C=O) groups excluding carboxylic acids is 2. The van der Waals surface area contributed by atoms with Crippen molar-refractivity contribution < 1.29 is 14.3 Å². The molecule has 0 bridgehead atoms. The van der Waals surface area contributed by atoms with Gasteiger partial charge in [-0.1, -0.05) is 12.8 Å². The van der Waals surface area contributed by atoms with Gasteiger partial charge in [0.05, 0.1) is 6.04 Å². The van der Waals surface area contributed by atoms with Gasteiger partial charge in [0, 0.05) is 44.8 Å². The summed E-state index contributed by atoms with van der Waals surface area (Å²) >= 11 is 0. The molecule has 148 valence electrons. The molecule has 2 saturated heterocycles. The Morgan fingerprint density at radius 1 is 1.15 bits per heavy atom. The quantitative estimate of drug-likeness (QED) is 0.674. The number of ether oxygens (including phenoxy) is 1. The van der Waals surface area contributed by atoms with Gasteiger partial charge in [-0.2, -0.15) is 0 Å². The first-order valence-corrected chi connectivity index (χ1v) is 10.6. The summed E-state index contributed by atoms with van der Waals surface area (Å²) in [5.41, 5.74) is 0. The van der Waals surface area contributed by atoms with Crippen molar-refractivity contribution in [3.05, 3.63) is 0 Å². The van der Waals surface area contributed by atoms with Crippen LogP contribution in [0.2, 0.25) is 0 Å². The van der Waals surface area contributed by atoms with E-state index in [1.54, 1.807) is 0 Å². The van der Waals surface area contributed by atoms with Crippen LogP contribution in [0.1, 0.15) is 58.3 Å². The van der Waals surface area contributed by atoms with Crippen molar-refractivity contribution in [2.75, 3.05) is 32.8 Å². The van der Waals surface area contributed by atoms with Gasteiger partial charge in [-0.3, -0.25) is 9.59 Å². The van der Waals surface area contributed by atoms with Gasteiger partial charge < -0.3 is 20.3 Å². The Hall–Kier alpha value is -1.14. The lowest BCUT2D eigenvalue weighted by atomic mass is 9.85. The van der Waals surface area contributed by atoms with E-state index in [-0.39, 0.29) is 23.8 Å². The average Bonchev–Trinajstić information content (AvgIpc) is 3.11. The lowest BCUT2D eigenvalue weighted by Crippen LogP contribution is -2.49. The number of nitrogens with one attached hydrogen (secondary N) is 2. The smallest absolute Gasteiger partial charge is 0.239 e. The minimum atomic E-state index is 0.00652. The van der Waals surface area contributed by atoms with E-state index in [0.29, 0.717) is 38.2 Å². The highest BCUT2D eigenvalue weighted by Gasteiger charge is 2.40. The Labute approximate surface area is 157 Å². The van der Waals surface area contributed by atoms with Gasteiger partial charge in [0.15, 0.2) is 0 Å². The van der Waals surface area contributed by atoms with Gasteiger partial charge in [0.1, 0.15) is 0 Å². The highest BCUT2D eigenvalue weighted by atomic mass is 16.5. The summed E-state index contributed by atoms with van der Waals surface area (Å²) in [6, 6.07) is 0.560. The van der Waals surface area contributed by atoms with Crippen LogP contribution in [0.4, 0.5) is 0 Å². The largest absolute Gasteiger partial charge is 0.382 e. The maximum absolute atomic E-state index is 12.8. The Bertz CT molecular complexity index is 463. The van der Waals surface area contributed by atoms with Crippen LogP contribution in [-0.4, -0.2) is 61.6 Å². The van der Waals surface area contributed by atoms with Crippen LogP contribution in [0.15, 0.2) is 0 Å². The number of carbonyl (C=O) groups is 2. The molecule has 1 aliphatic carbocycles. The average molecular weight is 366 g/mol. The molecule has 2 aliphatic heterocycles. The molecule has 26 heavy (non-hydrogen) atoms. The normalized spacial score (nSPS) is 29.4. The first-order valence-electron chi connectivity index (χ1n) is 10.6. The second-order valence-corrected chi connectivity index (χ2v) is 8.05. The van der Waals surface area contributed by atoms with E-state index >= 15 is 0 Å². The summed E-state index contributed by atoms with van der Waals surface area (Å²) < 4.78 is 5.28. The molecule has 2 N–H and O–H groups in total. The molecule has 2 heterocycles. The van der Waals surface area contributed by atoms with Crippen LogP contribution in [0.25, 0.3) is 0 Å². The lowest BCUT2D eigenvalue weighted by Gasteiger charge is -2.33. The Morgan fingerprint density at radius 3 is 2.65 bits per heavy atom. The van der Waals surface area contributed by atoms with Crippen molar-refractivity contribution in [2.45, 2.75) is 70.4 Å². The number of amides is 2. The number of hydrogen-bond donors (Lipinski definition) is 2. The van der Waals surface area contributed by atoms with E-state index in [2.05, 4.69) is 10.6 Å². The Balaban J connectivity index is 1.36. The molecule has 0 aromatic heterocycles. The fourth-order valence-corrected chi connectivity index (χ4v) is 4.77. The number of rotatable bonds is 7. The van der Waals surface area contributed by atoms with Crippen LogP contribution in [0, 0.1) is 11.8 Å². The molecule has 0 spiro atoms. The first-order chi connectivity index (χ1) is 12.7. The highest BCUT2D eigenvalue weighted by Crippen LogP contribution is 2.34. The fourth-order valence-electron chi connectivity index (χ4n) is 4.77. The molecule has 6 heteroatoms. The van der Waals surface area contributed by atoms with Gasteiger partial charge in [-0.15, -0.1) is 0 Å². The summed E-state index contributed by atoms with van der Waals surface area (Å²) in [6.07, 6.45) is 8.52. The maximum Gasteiger partial charge on any atom is 0.239 e. The molecule has 0 aromatic rings. The van der Waals surface area contributed by atoms with E-state index in [4.69, 9.17) is 4.74 Å². The molecule has 3 fully saturated rings. The number of nitrogens with zero attached hydrogens (tertiary/aromatic N) is 1. The van der Waals surface area contributed by atoms with Gasteiger partial charge in [-0.05, 0) is 51.4 Å². The van der Waals surface area contributed by atoms with Crippen LogP contribution >= 0.6 is 0 Å². The van der Waals surface area contributed by atoms with Gasteiger partial charge in [0.2, 0.25) is 11.8 Å². The molecule has 3 rings (SSSR count). The molecule has 1 saturated carbocycles. The summed E-state index contributed by atoms with van der Waals surface area (Å²) in [5, 5.41) is 6.60. The fraction of sp³-hybridized carbons (Fsp3) is 0.900. The third-order valence-electron chi connectivity index (χ3n) is 6.31. The number of likely N-dealkylation sites (tertiary alicyclic amines) is 1. The number of hydrogen-bond acceptors (Lipinski definition) is 4.